The summed E-state index contributed by atoms with van der Waals surface area (Å²) in [6.45, 7) is 1.95. The van der Waals surface area contributed by atoms with Crippen LogP contribution in [0.1, 0.15) is 61.1 Å². The molecule has 1 aromatic carbocycles. The smallest absolute Gasteiger partial charge is 0.292 e. The van der Waals surface area contributed by atoms with Crippen molar-refractivity contribution >= 4 is 5.91 Å². The second-order valence-corrected chi connectivity index (χ2v) is 8.93. The first-order valence-electron chi connectivity index (χ1n) is 10.6. The summed E-state index contributed by atoms with van der Waals surface area (Å²) in [4.78, 5) is 14.4. The normalized spacial score (nSPS) is 33.7. The third-order valence-electron chi connectivity index (χ3n) is 6.91. The van der Waals surface area contributed by atoms with Gasteiger partial charge in [0.15, 0.2) is 0 Å². The van der Waals surface area contributed by atoms with Crippen molar-refractivity contribution in [3.63, 3.8) is 0 Å². The van der Waals surface area contributed by atoms with Crippen molar-refractivity contribution in [2.45, 2.75) is 68.3 Å². The summed E-state index contributed by atoms with van der Waals surface area (Å²) in [6, 6.07) is 11.4. The Kier molecular flexibility index (Phi) is 5.70. The molecule has 4 rings (SSSR count). The number of hydrogen-bond acceptors (Lipinski definition) is 6. The molecule has 2 fully saturated rings. The third kappa shape index (κ3) is 3.77. The van der Waals surface area contributed by atoms with Gasteiger partial charge in [-0.25, -0.2) is 0 Å². The number of carbonyl (C=O) groups excluding carboxylic acids is 1. The van der Waals surface area contributed by atoms with E-state index in [0.717, 1.165) is 6.42 Å². The molecule has 2 saturated heterocycles. The minimum atomic E-state index is -0.874. The van der Waals surface area contributed by atoms with E-state index in [4.69, 9.17) is 9.26 Å². The predicted molar refractivity (Wildman–Crippen MR) is 110 cm³/mol. The zero-order valence-electron chi connectivity index (χ0n) is 17.5. The van der Waals surface area contributed by atoms with E-state index in [1.54, 1.807) is 11.9 Å². The van der Waals surface area contributed by atoms with E-state index in [-0.39, 0.29) is 24.2 Å². The Morgan fingerprint density at radius 3 is 2.70 bits per heavy atom. The maximum absolute atomic E-state index is 12.9. The summed E-state index contributed by atoms with van der Waals surface area (Å²) in [7, 11) is 1.69. The maximum atomic E-state index is 12.9. The highest BCUT2D eigenvalue weighted by Crippen LogP contribution is 2.51. The van der Waals surface area contributed by atoms with Gasteiger partial charge in [-0.05, 0) is 50.5 Å². The monoisotopic (exact) mass is 414 g/mol. The van der Waals surface area contributed by atoms with Crippen LogP contribution in [0.4, 0.5) is 0 Å². The number of benzene rings is 1. The van der Waals surface area contributed by atoms with Crippen molar-refractivity contribution in [3.05, 3.63) is 53.9 Å². The number of nitrogens with zero attached hydrogens (tertiary/aromatic N) is 2. The van der Waals surface area contributed by atoms with Gasteiger partial charge in [0.1, 0.15) is 6.10 Å². The first kappa shape index (κ1) is 21.0. The number of ether oxygens (including phenoxy) is 1. The van der Waals surface area contributed by atoms with Gasteiger partial charge in [-0.3, -0.25) is 4.79 Å². The van der Waals surface area contributed by atoms with E-state index in [2.05, 4.69) is 17.3 Å². The Hall–Kier alpha value is -2.22. The van der Waals surface area contributed by atoms with Crippen molar-refractivity contribution in [1.82, 2.24) is 10.1 Å². The van der Waals surface area contributed by atoms with Gasteiger partial charge in [0, 0.05) is 19.7 Å². The fourth-order valence-corrected chi connectivity index (χ4v) is 5.40. The molecule has 7 heteroatoms. The van der Waals surface area contributed by atoms with Crippen molar-refractivity contribution in [1.29, 1.82) is 0 Å². The number of amides is 1. The maximum Gasteiger partial charge on any atom is 0.292 e. The summed E-state index contributed by atoms with van der Waals surface area (Å²) < 4.78 is 11.6. The molecular weight excluding hydrogens is 384 g/mol. The van der Waals surface area contributed by atoms with Gasteiger partial charge in [0.25, 0.3) is 5.91 Å². The third-order valence-corrected chi connectivity index (χ3v) is 6.91. The van der Waals surface area contributed by atoms with Crippen LogP contribution < -0.4 is 0 Å². The number of carbonyl (C=O) groups is 1. The number of aliphatic hydroxyl groups is 2. The Morgan fingerprint density at radius 1 is 1.27 bits per heavy atom. The largest absolute Gasteiger partial charge is 0.396 e. The molecule has 0 unspecified atom stereocenters. The van der Waals surface area contributed by atoms with E-state index in [0.29, 0.717) is 25.7 Å². The molecule has 2 bridgehead atoms. The number of fused-ring (bicyclic) bond motifs is 2. The van der Waals surface area contributed by atoms with Gasteiger partial charge in [-0.2, -0.15) is 0 Å². The molecule has 7 nitrogen and oxygen atoms in total. The Labute approximate surface area is 176 Å². The number of hydrogen-bond donors (Lipinski definition) is 2. The molecule has 2 aliphatic rings. The van der Waals surface area contributed by atoms with E-state index in [1.165, 1.54) is 17.8 Å². The van der Waals surface area contributed by atoms with Crippen LogP contribution in [-0.2, 0) is 4.74 Å². The average Bonchev–Trinajstić information content (AvgIpc) is 3.26. The molecule has 162 valence electrons. The fraction of sp³-hybridized carbons (Fsp3) is 0.565. The molecule has 1 amide bonds. The topological polar surface area (TPSA) is 96.0 Å². The minimum absolute atomic E-state index is 0.0190. The standard InChI is InChI=1S/C23H30N2O5/c1-22-14-17(16-6-4-3-5-7-16)15-23(30-22,11-13-26)10-8-18(20(22)27)25(2)21(28)19-9-12-24-29-19/h3-7,9,12,17-18,20,26-27H,8,10-11,13-15H2,1-2H3/t17-,18+,20-,22+,23-/m1/s1. The Bertz CT molecular complexity index is 858. The van der Waals surface area contributed by atoms with Crippen LogP contribution >= 0.6 is 0 Å². The zero-order valence-corrected chi connectivity index (χ0v) is 17.5. The Morgan fingerprint density at radius 2 is 2.03 bits per heavy atom. The molecule has 2 N–H and O–H groups in total. The van der Waals surface area contributed by atoms with E-state index >= 15 is 0 Å². The highest BCUT2D eigenvalue weighted by molar-refractivity contribution is 5.91. The second kappa shape index (κ2) is 8.13. The average molecular weight is 415 g/mol. The molecule has 1 aromatic heterocycles. The van der Waals surface area contributed by atoms with E-state index < -0.39 is 23.3 Å². The first-order chi connectivity index (χ1) is 14.4. The van der Waals surface area contributed by atoms with Crippen LogP contribution in [0.3, 0.4) is 0 Å². The van der Waals surface area contributed by atoms with Crippen LogP contribution in [0.5, 0.6) is 0 Å². The second-order valence-electron chi connectivity index (χ2n) is 8.93. The summed E-state index contributed by atoms with van der Waals surface area (Å²) in [5.74, 6) is 0.0443. The van der Waals surface area contributed by atoms with Crippen molar-refractivity contribution < 1.29 is 24.3 Å². The van der Waals surface area contributed by atoms with Gasteiger partial charge in [-0.1, -0.05) is 35.5 Å². The molecule has 0 aliphatic carbocycles. The van der Waals surface area contributed by atoms with Gasteiger partial charge in [0.2, 0.25) is 5.76 Å². The molecule has 5 atom stereocenters. The van der Waals surface area contributed by atoms with Crippen LogP contribution in [-0.4, -0.2) is 63.2 Å². The molecule has 0 spiro atoms. The lowest BCUT2D eigenvalue weighted by Gasteiger charge is -2.50. The first-order valence-corrected chi connectivity index (χ1v) is 10.6. The van der Waals surface area contributed by atoms with Crippen LogP contribution in [0.15, 0.2) is 47.1 Å². The van der Waals surface area contributed by atoms with Crippen molar-refractivity contribution in [2.24, 2.45) is 0 Å². The number of rotatable bonds is 5. The lowest BCUT2D eigenvalue weighted by molar-refractivity contribution is -0.225. The highest BCUT2D eigenvalue weighted by atomic mass is 16.5. The van der Waals surface area contributed by atoms with Crippen LogP contribution in [0.25, 0.3) is 0 Å². The van der Waals surface area contributed by atoms with Gasteiger partial charge < -0.3 is 24.4 Å². The van der Waals surface area contributed by atoms with Crippen LogP contribution in [0.2, 0.25) is 0 Å². The predicted octanol–water partition coefficient (Wildman–Crippen LogP) is 2.74. The van der Waals surface area contributed by atoms with Gasteiger partial charge in [0.05, 0.1) is 23.4 Å². The summed E-state index contributed by atoms with van der Waals surface area (Å²) in [5.41, 5.74) is -0.162. The van der Waals surface area contributed by atoms with E-state index in [1.807, 2.05) is 25.1 Å². The molecule has 2 aliphatic heterocycles. The summed E-state index contributed by atoms with van der Waals surface area (Å²) in [5, 5.41) is 24.9. The molecule has 3 heterocycles. The lowest BCUT2D eigenvalue weighted by atomic mass is 9.73. The summed E-state index contributed by atoms with van der Waals surface area (Å²) >= 11 is 0. The Balaban J connectivity index is 1.66. The summed E-state index contributed by atoms with van der Waals surface area (Å²) in [6.07, 6.45) is 3.73. The van der Waals surface area contributed by atoms with Gasteiger partial charge >= 0.3 is 0 Å². The number of aromatic nitrogens is 1. The van der Waals surface area contributed by atoms with Crippen molar-refractivity contribution in [3.8, 4) is 0 Å². The molecule has 0 saturated carbocycles. The van der Waals surface area contributed by atoms with Crippen LogP contribution in [0, 0.1) is 0 Å². The molecule has 30 heavy (non-hydrogen) atoms. The minimum Gasteiger partial charge on any atom is -0.396 e. The number of likely N-dealkylation sites (N-methyl/N-ethyl adjacent to an activating group) is 1. The lowest BCUT2D eigenvalue weighted by Crippen LogP contribution is -2.58. The molecule has 2 aromatic rings. The fourth-order valence-electron chi connectivity index (χ4n) is 5.40. The van der Waals surface area contributed by atoms with Gasteiger partial charge in [-0.15, -0.1) is 0 Å². The van der Waals surface area contributed by atoms with E-state index in [9.17, 15) is 15.0 Å². The SMILES string of the molecule is CN(C(=O)c1ccno1)[C@H]1CC[C@@]2(CCO)C[C@H](c3ccccc3)C[C@](C)(O2)[C@@H]1O. The van der Waals surface area contributed by atoms with Crippen molar-refractivity contribution in [2.75, 3.05) is 13.7 Å². The molecule has 0 radical (unpaired) electrons. The highest BCUT2D eigenvalue weighted by Gasteiger charge is 2.55. The quantitative estimate of drug-likeness (QED) is 0.781. The number of aliphatic hydroxyl groups excluding tert-OH is 2. The zero-order chi connectivity index (χ0) is 21.4. The molecular formula is C23H30N2O5.